The lowest BCUT2D eigenvalue weighted by atomic mass is 9.90. The van der Waals surface area contributed by atoms with E-state index in [9.17, 15) is 39.0 Å². The molecule has 26 heteroatoms. The summed E-state index contributed by atoms with van der Waals surface area (Å²) >= 11 is 0. The molecule has 0 unspecified atom stereocenters. The molecule has 0 saturated carbocycles. The van der Waals surface area contributed by atoms with Crippen LogP contribution in [0.3, 0.4) is 0 Å². The van der Waals surface area contributed by atoms with Gasteiger partial charge in [-0.25, -0.2) is 14.6 Å². The number of carbonyl (C=O) groups excluding carboxylic acids is 9. The van der Waals surface area contributed by atoms with Gasteiger partial charge in [0.15, 0.2) is 5.78 Å². The summed E-state index contributed by atoms with van der Waals surface area (Å²) in [5, 5.41) is 44.4. The van der Waals surface area contributed by atoms with Crippen molar-refractivity contribution in [3.63, 3.8) is 0 Å². The second kappa shape index (κ2) is 35.4. The van der Waals surface area contributed by atoms with E-state index in [-0.39, 0.29) is 62.4 Å². The molecule has 486 valence electrons. The molecule has 1 saturated heterocycles. The fourth-order valence-corrected chi connectivity index (χ4v) is 13.7. The average Bonchev–Trinajstić information content (AvgIpc) is 2.02. The molecule has 22 nitrogen and oxygen atoms in total. The van der Waals surface area contributed by atoms with E-state index in [2.05, 4.69) is 47.5 Å². The highest BCUT2D eigenvalue weighted by molar-refractivity contribution is 8.77. The Labute approximate surface area is 541 Å². The number of carbonyl (C=O) groups is 9. The molecule has 8 atom stereocenters. The van der Waals surface area contributed by atoms with E-state index < -0.39 is 119 Å². The fraction of sp³-hybridized carbons (Fsp3) is 0.469. The summed E-state index contributed by atoms with van der Waals surface area (Å²) in [6, 6.07) is 19.6. The standard InChI is InChI=1S/C64H83N9O13S4/c1-39(74)54-60(82)71-51(56(78)66-31-32-87-90-53-22-14-16-29-65-53)38-89-88-37-50(70-58(80)48(34-40-17-9-8-10-18-40)72-62(84)86-64(5,6)7)52(76)36-44(33-41-23-27-45(75)28-24-41)55(77)69-49(35-43-26-25-42-19-11-12-20-46(42)43)59(81)68-47(57(79)73-54)21-13-15-30-67-61(83)85-63(2,3)4/h8-12,14,16-20,22-24,26-29,39,44,47-51,54,74-75H,13,15,21,25,30-38H2,1-7H3,(H,66,78)(H,67,83)(H,68,81)(H,69,77)(H,70,80)(H,71,82)(H,72,84)(H,73,79)/t39-,44-,47+,48-,49-,50+,51+,54+/m1/s1. The van der Waals surface area contributed by atoms with E-state index in [1.54, 1.807) is 96.3 Å². The van der Waals surface area contributed by atoms with Crippen LogP contribution in [0.1, 0.15) is 103 Å². The number of aromatic hydroxyl groups is 1. The Kier molecular flexibility index (Phi) is 28.2. The van der Waals surface area contributed by atoms with E-state index >= 15 is 14.4 Å². The molecule has 0 radical (unpaired) electrons. The van der Waals surface area contributed by atoms with E-state index in [1.807, 2.05) is 42.5 Å². The van der Waals surface area contributed by atoms with Gasteiger partial charge in [-0.05, 0) is 143 Å². The number of alkyl carbamates (subject to hydrolysis) is 2. The van der Waals surface area contributed by atoms with Crippen LogP contribution in [-0.2, 0) is 62.3 Å². The van der Waals surface area contributed by atoms with Crippen molar-refractivity contribution in [2.24, 2.45) is 5.92 Å². The predicted octanol–water partition coefficient (Wildman–Crippen LogP) is 6.52. The minimum Gasteiger partial charge on any atom is -0.508 e. The number of benzene rings is 3. The zero-order valence-electron chi connectivity index (χ0n) is 51.7. The number of aromatic nitrogens is 1. The van der Waals surface area contributed by atoms with Crippen molar-refractivity contribution in [2.75, 3.05) is 30.3 Å². The number of ketones is 1. The molecule has 10 N–H and O–H groups in total. The van der Waals surface area contributed by atoms with Crippen molar-refractivity contribution in [2.45, 2.75) is 158 Å². The van der Waals surface area contributed by atoms with Gasteiger partial charge in [-0.3, -0.25) is 33.6 Å². The number of ether oxygens (including phenoxy) is 2. The van der Waals surface area contributed by atoms with Gasteiger partial charge in [0.25, 0.3) is 0 Å². The van der Waals surface area contributed by atoms with Crippen molar-refractivity contribution < 1.29 is 62.8 Å². The van der Waals surface area contributed by atoms with Crippen molar-refractivity contribution in [1.82, 2.24) is 47.5 Å². The smallest absolute Gasteiger partial charge is 0.408 e. The maximum absolute atomic E-state index is 15.2. The van der Waals surface area contributed by atoms with Gasteiger partial charge in [0.05, 0.1) is 12.1 Å². The van der Waals surface area contributed by atoms with Gasteiger partial charge in [-0.2, -0.15) is 0 Å². The van der Waals surface area contributed by atoms with Gasteiger partial charge in [0.1, 0.15) is 52.2 Å². The molecule has 6 rings (SSSR count). The number of phenolic OH excluding ortho intramolecular Hbond substituents is 1. The molecule has 0 bridgehead atoms. The molecule has 4 aromatic rings. The first-order chi connectivity index (χ1) is 42.8. The third kappa shape index (κ3) is 24.8. The number of hydrogen-bond acceptors (Lipinski definition) is 18. The lowest BCUT2D eigenvalue weighted by Gasteiger charge is -2.29. The molecule has 1 fully saturated rings. The van der Waals surface area contributed by atoms with Crippen LogP contribution in [0.25, 0.3) is 5.57 Å². The molecule has 2 aliphatic rings. The van der Waals surface area contributed by atoms with E-state index in [0.717, 1.165) is 43.3 Å². The number of aliphatic hydroxyl groups is 1. The van der Waals surface area contributed by atoms with Crippen LogP contribution in [0, 0.1) is 5.92 Å². The van der Waals surface area contributed by atoms with Crippen molar-refractivity contribution in [3.8, 4) is 5.75 Å². The zero-order chi connectivity index (χ0) is 65.4. The summed E-state index contributed by atoms with van der Waals surface area (Å²) in [7, 11) is 5.00. The highest BCUT2D eigenvalue weighted by Crippen LogP contribution is 2.32. The molecular weight excluding hydrogens is 1230 g/mol. The molecule has 3 aromatic carbocycles. The number of nitrogens with zero attached hydrogens (tertiary/aromatic N) is 1. The number of aliphatic hydroxyl groups excluding tert-OH is 1. The SMILES string of the molecule is C[C@@H](O)[C@@H]1NC(=O)[C@H](CCCCNC(=O)OC(C)(C)C)NC(=O)[C@@H](CC2=CCc3ccccc32)NC(=O)[C@H](Cc2ccc(O)cc2)CC(=O)[C@@H](NC(=O)[C@@H](Cc2ccccc2)NC(=O)OC(C)(C)C)CSSC[C@@H](C(=O)NCCSSc2ccccn2)NC1=O. The van der Waals surface area contributed by atoms with Gasteiger partial charge in [0.2, 0.25) is 35.4 Å². The molecule has 2 heterocycles. The Hall–Kier alpha value is -7.26. The van der Waals surface area contributed by atoms with E-state index in [1.165, 1.54) is 40.6 Å². The van der Waals surface area contributed by atoms with Crippen LogP contribution in [0.15, 0.2) is 114 Å². The zero-order valence-corrected chi connectivity index (χ0v) is 54.9. The van der Waals surface area contributed by atoms with Gasteiger partial charge in [-0.15, -0.1) is 0 Å². The number of phenols is 1. The Morgan fingerprint density at radius 3 is 2.08 bits per heavy atom. The van der Waals surface area contributed by atoms with Crippen LogP contribution in [0.5, 0.6) is 5.75 Å². The van der Waals surface area contributed by atoms with Gasteiger partial charge < -0.3 is 62.2 Å². The number of rotatable bonds is 21. The third-order valence-corrected chi connectivity index (χ3v) is 18.6. The Morgan fingerprint density at radius 2 is 1.38 bits per heavy atom. The Balaban J connectivity index is 1.39. The summed E-state index contributed by atoms with van der Waals surface area (Å²) in [4.78, 5) is 134. The second-order valence-corrected chi connectivity index (χ2v) is 28.7. The molecular formula is C64H83N9O13S4. The maximum atomic E-state index is 15.2. The molecule has 1 aromatic heterocycles. The van der Waals surface area contributed by atoms with E-state index in [4.69, 9.17) is 9.47 Å². The second-order valence-electron chi connectivity index (χ2n) is 23.8. The predicted molar refractivity (Wildman–Crippen MR) is 351 cm³/mol. The van der Waals surface area contributed by atoms with Crippen molar-refractivity contribution >= 4 is 102 Å². The number of allylic oxidation sites excluding steroid dienone is 1. The minimum absolute atomic E-state index is 0.0120. The largest absolute Gasteiger partial charge is 0.508 e. The molecule has 1 aliphatic carbocycles. The Morgan fingerprint density at radius 1 is 0.711 bits per heavy atom. The third-order valence-electron chi connectivity index (χ3n) is 14.0. The normalized spacial score (nSPS) is 20.4. The van der Waals surface area contributed by atoms with Crippen molar-refractivity contribution in [1.29, 1.82) is 0 Å². The van der Waals surface area contributed by atoms with Gasteiger partial charge in [-0.1, -0.05) is 111 Å². The van der Waals surface area contributed by atoms with Crippen LogP contribution >= 0.6 is 43.2 Å². The van der Waals surface area contributed by atoms with Crippen LogP contribution in [0.2, 0.25) is 0 Å². The molecule has 90 heavy (non-hydrogen) atoms. The van der Waals surface area contributed by atoms with Crippen molar-refractivity contribution in [3.05, 3.63) is 132 Å². The summed E-state index contributed by atoms with van der Waals surface area (Å²) in [5.41, 5.74) is 2.06. The van der Waals surface area contributed by atoms with E-state index in [0.29, 0.717) is 29.7 Å². The first kappa shape index (κ1) is 71.8. The minimum atomic E-state index is -1.68. The lowest BCUT2D eigenvalue weighted by Crippen LogP contribution is -2.61. The number of hydrogen-bond donors (Lipinski definition) is 10. The molecule has 1 aliphatic heterocycles. The average molecular weight is 1310 g/mol. The molecule has 0 spiro atoms. The summed E-state index contributed by atoms with van der Waals surface area (Å²) in [5.74, 6) is -6.50. The summed E-state index contributed by atoms with van der Waals surface area (Å²) in [6.07, 6.45) is 0.827. The maximum Gasteiger partial charge on any atom is 0.408 e. The van der Waals surface area contributed by atoms with Crippen LogP contribution in [0.4, 0.5) is 9.59 Å². The number of pyridine rings is 1. The first-order valence-corrected chi connectivity index (χ1v) is 34.6. The highest BCUT2D eigenvalue weighted by atomic mass is 33.1. The number of Topliss-reactive ketones (excluding diaryl/α,β-unsaturated/α-hetero) is 1. The number of fused-ring (bicyclic) bond motifs is 1. The summed E-state index contributed by atoms with van der Waals surface area (Å²) < 4.78 is 10.9. The highest BCUT2D eigenvalue weighted by Gasteiger charge is 2.37. The number of amides is 8. The van der Waals surface area contributed by atoms with Gasteiger partial charge >= 0.3 is 12.2 Å². The summed E-state index contributed by atoms with van der Waals surface area (Å²) in [6.45, 7) is 11.7. The number of nitrogens with one attached hydrogen (secondary N) is 8. The topological polar surface area (TPSA) is 322 Å². The van der Waals surface area contributed by atoms with Crippen LogP contribution in [-0.4, -0.2) is 153 Å². The lowest BCUT2D eigenvalue weighted by molar-refractivity contribution is -0.136. The quantitative estimate of drug-likeness (QED) is 0.0313. The molecule has 8 amide bonds. The Bertz CT molecular complexity index is 3110. The number of unbranched alkanes of at least 4 members (excludes halogenated alkanes) is 1. The fourth-order valence-electron chi connectivity index (χ4n) is 9.51. The first-order valence-electron chi connectivity index (χ1n) is 29.8. The monoisotopic (exact) mass is 1310 g/mol. The van der Waals surface area contributed by atoms with Crippen LogP contribution < -0.4 is 42.5 Å². The van der Waals surface area contributed by atoms with Gasteiger partial charge in [0, 0.05) is 61.7 Å².